The van der Waals surface area contributed by atoms with Crippen molar-refractivity contribution in [2.45, 2.75) is 6.92 Å². The summed E-state index contributed by atoms with van der Waals surface area (Å²) in [7, 11) is 0. The topological polar surface area (TPSA) is 119 Å². The maximum absolute atomic E-state index is 14.0. The lowest BCUT2D eigenvalue weighted by molar-refractivity contribution is 0.102. The molecule has 1 amide bonds. The molecule has 0 bridgehead atoms. The van der Waals surface area contributed by atoms with Crippen molar-refractivity contribution in [1.29, 1.82) is 0 Å². The van der Waals surface area contributed by atoms with Crippen LogP contribution < -0.4 is 10.2 Å². The van der Waals surface area contributed by atoms with Crippen LogP contribution in [0.15, 0.2) is 53.4 Å². The maximum Gasteiger partial charge on any atom is 0.277 e. The number of ether oxygens (including phenoxy) is 1. The van der Waals surface area contributed by atoms with E-state index in [-0.39, 0.29) is 5.69 Å². The molecule has 37 heavy (non-hydrogen) atoms. The second kappa shape index (κ2) is 9.64. The Balaban J connectivity index is 1.36. The predicted molar refractivity (Wildman–Crippen MR) is 136 cm³/mol. The summed E-state index contributed by atoms with van der Waals surface area (Å²) in [5.41, 5.74) is 3.33. The quantitative estimate of drug-likeness (QED) is 0.340. The number of rotatable bonds is 5. The number of carbonyl (C=O) groups is 1. The van der Waals surface area contributed by atoms with Crippen molar-refractivity contribution >= 4 is 38.4 Å². The highest BCUT2D eigenvalue weighted by Gasteiger charge is 2.21. The number of aryl methyl sites for hydroxylation is 1. The zero-order valence-corrected chi connectivity index (χ0v) is 20.5. The van der Waals surface area contributed by atoms with Crippen LogP contribution in [0.1, 0.15) is 16.2 Å². The first-order valence-corrected chi connectivity index (χ1v) is 12.3. The maximum atomic E-state index is 14.0. The third-order valence-electron chi connectivity index (χ3n) is 5.78. The number of nitrogens with one attached hydrogen (secondary N) is 1. The van der Waals surface area contributed by atoms with Gasteiger partial charge in [0, 0.05) is 48.4 Å². The minimum Gasteiger partial charge on any atom is -0.444 e. The Morgan fingerprint density at radius 2 is 1.86 bits per heavy atom. The van der Waals surface area contributed by atoms with Crippen LogP contribution >= 0.6 is 11.3 Å². The number of morpholine rings is 1. The molecule has 186 valence electrons. The second-order valence-corrected chi connectivity index (χ2v) is 9.36. The van der Waals surface area contributed by atoms with Crippen LogP contribution in [-0.4, -0.2) is 57.1 Å². The fraction of sp³-hybridized carbons (Fsp3) is 0.200. The van der Waals surface area contributed by atoms with Crippen LogP contribution in [0.25, 0.3) is 33.1 Å². The van der Waals surface area contributed by atoms with Gasteiger partial charge in [-0.05, 0) is 31.2 Å². The van der Waals surface area contributed by atoms with Gasteiger partial charge in [0.2, 0.25) is 11.8 Å². The molecule has 0 aromatic carbocycles. The van der Waals surface area contributed by atoms with Gasteiger partial charge in [-0.1, -0.05) is 11.3 Å². The number of fused-ring (bicyclic) bond motifs is 1. The van der Waals surface area contributed by atoms with Crippen LogP contribution in [0.4, 0.5) is 15.2 Å². The van der Waals surface area contributed by atoms with Crippen molar-refractivity contribution in [2.75, 3.05) is 36.5 Å². The number of hydrogen-bond donors (Lipinski definition) is 1. The van der Waals surface area contributed by atoms with Gasteiger partial charge in [-0.2, -0.15) is 9.37 Å². The molecule has 0 spiro atoms. The van der Waals surface area contributed by atoms with Gasteiger partial charge in [0.15, 0.2) is 16.5 Å². The highest BCUT2D eigenvalue weighted by Crippen LogP contribution is 2.35. The van der Waals surface area contributed by atoms with Crippen molar-refractivity contribution in [3.05, 3.63) is 66.3 Å². The molecule has 5 aromatic heterocycles. The van der Waals surface area contributed by atoms with Gasteiger partial charge in [-0.3, -0.25) is 9.78 Å². The molecule has 1 aliphatic heterocycles. The fourth-order valence-corrected chi connectivity index (χ4v) is 4.98. The molecule has 1 fully saturated rings. The molecule has 1 saturated heterocycles. The van der Waals surface area contributed by atoms with E-state index in [4.69, 9.17) is 19.1 Å². The largest absolute Gasteiger partial charge is 0.444 e. The number of hydrogen-bond acceptors (Lipinski definition) is 10. The van der Waals surface area contributed by atoms with Gasteiger partial charge in [-0.15, -0.1) is 0 Å². The standard InChI is InChI=1S/C25H20FN7O3S/c1-14-10-16(3-4-27-14)24-30-18(13-36-24)23(34)29-17-12-19-22(31-21(17)15-2-5-28-20(26)11-15)32-25(37-19)33-6-8-35-9-7-33/h2-5,10-13H,6-9H2,1H3,(H,29,34). The normalized spacial score (nSPS) is 13.7. The van der Waals surface area contributed by atoms with E-state index in [1.165, 1.54) is 29.9 Å². The first-order valence-electron chi connectivity index (χ1n) is 11.5. The monoisotopic (exact) mass is 517 g/mol. The Kier molecular flexibility index (Phi) is 6.02. The molecule has 12 heteroatoms. The molecule has 0 radical (unpaired) electrons. The average Bonchev–Trinajstić information content (AvgIpc) is 3.56. The van der Waals surface area contributed by atoms with Crippen LogP contribution in [0.3, 0.4) is 0 Å². The number of pyridine rings is 3. The van der Waals surface area contributed by atoms with E-state index < -0.39 is 11.9 Å². The number of halogens is 1. The molecular weight excluding hydrogens is 497 g/mol. The fourth-order valence-electron chi connectivity index (χ4n) is 3.98. The van der Waals surface area contributed by atoms with Gasteiger partial charge < -0.3 is 19.4 Å². The lowest BCUT2D eigenvalue weighted by Gasteiger charge is -2.25. The molecule has 6 rings (SSSR count). The zero-order valence-electron chi connectivity index (χ0n) is 19.6. The Hall–Kier alpha value is -4.29. The molecule has 0 unspecified atom stereocenters. The summed E-state index contributed by atoms with van der Waals surface area (Å²) >= 11 is 1.47. The Labute approximate surface area is 214 Å². The highest BCUT2D eigenvalue weighted by atomic mass is 32.1. The van der Waals surface area contributed by atoms with E-state index in [1.54, 1.807) is 24.4 Å². The highest BCUT2D eigenvalue weighted by molar-refractivity contribution is 7.22. The van der Waals surface area contributed by atoms with E-state index in [9.17, 15) is 9.18 Å². The summed E-state index contributed by atoms with van der Waals surface area (Å²) in [5.74, 6) is -0.841. The summed E-state index contributed by atoms with van der Waals surface area (Å²) < 4.78 is 25.7. The lowest BCUT2D eigenvalue weighted by Crippen LogP contribution is -2.36. The van der Waals surface area contributed by atoms with Gasteiger partial charge in [0.05, 0.1) is 29.3 Å². The van der Waals surface area contributed by atoms with Gasteiger partial charge >= 0.3 is 0 Å². The van der Waals surface area contributed by atoms with E-state index in [0.29, 0.717) is 47.3 Å². The number of carbonyl (C=O) groups excluding carboxylic acids is 1. The summed E-state index contributed by atoms with van der Waals surface area (Å²) in [6.07, 6.45) is 4.29. The summed E-state index contributed by atoms with van der Waals surface area (Å²) in [6, 6.07) is 8.26. The number of thiazole rings is 1. The second-order valence-electron chi connectivity index (χ2n) is 8.35. The number of anilines is 2. The molecule has 0 aliphatic carbocycles. The number of amides is 1. The third kappa shape index (κ3) is 4.76. The first kappa shape index (κ1) is 23.1. The SMILES string of the molecule is Cc1cc(-c2nc(C(=O)Nc3cc4sc(N5CCOCC5)nc4nc3-c3ccnc(F)c3)co2)ccn1. The molecular formula is C25H20FN7O3S. The predicted octanol–water partition coefficient (Wildman–Crippen LogP) is 4.34. The minimum atomic E-state index is -0.655. The van der Waals surface area contributed by atoms with Crippen molar-refractivity contribution in [3.63, 3.8) is 0 Å². The molecule has 0 atom stereocenters. The van der Waals surface area contributed by atoms with Gasteiger partial charge in [-0.25, -0.2) is 15.0 Å². The van der Waals surface area contributed by atoms with E-state index >= 15 is 0 Å². The van der Waals surface area contributed by atoms with Crippen LogP contribution in [0.2, 0.25) is 0 Å². The van der Waals surface area contributed by atoms with Gasteiger partial charge in [0.1, 0.15) is 6.26 Å². The van der Waals surface area contributed by atoms with E-state index in [0.717, 1.165) is 28.6 Å². The van der Waals surface area contributed by atoms with E-state index in [1.807, 2.05) is 13.0 Å². The Morgan fingerprint density at radius 1 is 1.05 bits per heavy atom. The average molecular weight is 518 g/mol. The number of oxazole rings is 1. The van der Waals surface area contributed by atoms with Gasteiger partial charge in [0.25, 0.3) is 5.91 Å². The summed E-state index contributed by atoms with van der Waals surface area (Å²) in [4.78, 5) is 36.8. The summed E-state index contributed by atoms with van der Waals surface area (Å²) in [5, 5.41) is 3.68. The van der Waals surface area contributed by atoms with Crippen molar-refractivity contribution in [1.82, 2.24) is 24.9 Å². The Bertz CT molecular complexity index is 1610. The van der Waals surface area contributed by atoms with Crippen LogP contribution in [0, 0.1) is 12.9 Å². The molecule has 5 aromatic rings. The molecule has 1 aliphatic rings. The van der Waals surface area contributed by atoms with Crippen molar-refractivity contribution in [3.8, 4) is 22.7 Å². The smallest absolute Gasteiger partial charge is 0.277 e. The van der Waals surface area contributed by atoms with Crippen LogP contribution in [0.5, 0.6) is 0 Å². The lowest BCUT2D eigenvalue weighted by atomic mass is 10.1. The first-order chi connectivity index (χ1) is 18.0. The molecule has 10 nitrogen and oxygen atoms in total. The third-order valence-corrected chi connectivity index (χ3v) is 6.83. The minimum absolute atomic E-state index is 0.0923. The van der Waals surface area contributed by atoms with Crippen molar-refractivity contribution in [2.24, 2.45) is 0 Å². The zero-order chi connectivity index (χ0) is 25.4. The number of nitrogens with zero attached hydrogens (tertiary/aromatic N) is 6. The molecule has 0 saturated carbocycles. The number of aromatic nitrogens is 5. The Morgan fingerprint density at radius 3 is 2.68 bits per heavy atom. The summed E-state index contributed by atoms with van der Waals surface area (Å²) in [6.45, 7) is 4.58. The van der Waals surface area contributed by atoms with Crippen LogP contribution in [-0.2, 0) is 4.74 Å². The molecule has 6 heterocycles. The van der Waals surface area contributed by atoms with Crippen molar-refractivity contribution < 1.29 is 18.3 Å². The van der Waals surface area contributed by atoms with E-state index in [2.05, 4.69) is 25.2 Å². The molecule has 1 N–H and O–H groups in total.